The van der Waals surface area contributed by atoms with Crippen molar-refractivity contribution in [3.63, 3.8) is 0 Å². The van der Waals surface area contributed by atoms with Crippen LogP contribution >= 0.6 is 0 Å². The first kappa shape index (κ1) is 19.2. The molecule has 0 saturated heterocycles. The molecule has 0 unspecified atom stereocenters. The lowest BCUT2D eigenvalue weighted by Crippen LogP contribution is -2.40. The molecule has 0 heterocycles. The number of halogens is 1. The molecule has 0 aliphatic rings. The van der Waals surface area contributed by atoms with Crippen LogP contribution in [0.4, 0.5) is 10.1 Å². The van der Waals surface area contributed by atoms with E-state index in [4.69, 9.17) is 0 Å². The summed E-state index contributed by atoms with van der Waals surface area (Å²) in [5.74, 6) is 0.00866. The minimum absolute atomic E-state index is 0.140. The van der Waals surface area contributed by atoms with Crippen LogP contribution in [0, 0.1) is 12.7 Å². The van der Waals surface area contributed by atoms with E-state index in [9.17, 15) is 12.8 Å². The number of nitrogens with one attached hydrogen (secondary N) is 3. The van der Waals surface area contributed by atoms with Crippen molar-refractivity contribution in [2.45, 2.75) is 27.2 Å². The van der Waals surface area contributed by atoms with E-state index in [-0.39, 0.29) is 18.0 Å². The first-order valence-corrected chi connectivity index (χ1v) is 9.32. The predicted octanol–water partition coefficient (Wildman–Crippen LogP) is 1.84. The van der Waals surface area contributed by atoms with Gasteiger partial charge in [0.15, 0.2) is 5.96 Å². The fourth-order valence-corrected chi connectivity index (χ4v) is 2.72. The second kappa shape index (κ2) is 9.34. The summed E-state index contributed by atoms with van der Waals surface area (Å²) in [4.78, 5) is 4.29. The van der Waals surface area contributed by atoms with E-state index in [1.165, 1.54) is 18.2 Å². The molecule has 0 bridgehead atoms. The Kier molecular flexibility index (Phi) is 7.80. The molecule has 0 atom stereocenters. The van der Waals surface area contributed by atoms with Gasteiger partial charge in [0.05, 0.1) is 11.4 Å². The Labute approximate surface area is 137 Å². The van der Waals surface area contributed by atoms with Gasteiger partial charge in [-0.1, -0.05) is 13.0 Å². The Morgan fingerprint density at radius 2 is 2.00 bits per heavy atom. The molecule has 8 heteroatoms. The largest absolute Gasteiger partial charge is 0.357 e. The average molecular weight is 344 g/mol. The maximum Gasteiger partial charge on any atom is 0.234 e. The number of hydrogen-bond acceptors (Lipinski definition) is 3. The van der Waals surface area contributed by atoms with E-state index in [0.717, 1.165) is 6.42 Å². The number of anilines is 1. The highest BCUT2D eigenvalue weighted by Crippen LogP contribution is 2.14. The molecule has 23 heavy (non-hydrogen) atoms. The van der Waals surface area contributed by atoms with Crippen molar-refractivity contribution < 1.29 is 12.8 Å². The van der Waals surface area contributed by atoms with E-state index in [1.54, 1.807) is 6.92 Å². The van der Waals surface area contributed by atoms with Crippen molar-refractivity contribution in [2.75, 3.05) is 30.1 Å². The first-order chi connectivity index (χ1) is 10.9. The SMILES string of the molecule is CCCN=C(NCC)NCCS(=O)(=O)Nc1ccc(C)c(F)c1. The fourth-order valence-electron chi connectivity index (χ4n) is 1.76. The molecule has 1 rings (SSSR count). The summed E-state index contributed by atoms with van der Waals surface area (Å²) < 4.78 is 39.8. The van der Waals surface area contributed by atoms with Gasteiger partial charge in [0.25, 0.3) is 0 Å². The third kappa shape index (κ3) is 7.32. The maximum absolute atomic E-state index is 13.4. The van der Waals surface area contributed by atoms with Crippen molar-refractivity contribution in [1.82, 2.24) is 10.6 Å². The van der Waals surface area contributed by atoms with Crippen LogP contribution in [0.2, 0.25) is 0 Å². The third-order valence-corrected chi connectivity index (χ3v) is 4.23. The lowest BCUT2D eigenvalue weighted by atomic mass is 10.2. The van der Waals surface area contributed by atoms with E-state index in [0.29, 0.717) is 24.6 Å². The van der Waals surface area contributed by atoms with E-state index >= 15 is 0 Å². The molecule has 0 amide bonds. The molecule has 3 N–H and O–H groups in total. The molecule has 0 spiro atoms. The van der Waals surface area contributed by atoms with Gasteiger partial charge in [-0.3, -0.25) is 9.71 Å². The minimum atomic E-state index is -3.56. The van der Waals surface area contributed by atoms with Gasteiger partial charge in [0, 0.05) is 19.6 Å². The normalized spacial score (nSPS) is 12.1. The number of hydrogen-bond donors (Lipinski definition) is 3. The van der Waals surface area contributed by atoms with E-state index < -0.39 is 15.8 Å². The highest BCUT2D eigenvalue weighted by molar-refractivity contribution is 7.92. The predicted molar refractivity (Wildman–Crippen MR) is 92.8 cm³/mol. The summed E-state index contributed by atoms with van der Waals surface area (Å²) in [5, 5.41) is 6.00. The topological polar surface area (TPSA) is 82.6 Å². The van der Waals surface area contributed by atoms with Crippen LogP contribution in [-0.2, 0) is 10.0 Å². The zero-order chi connectivity index (χ0) is 17.3. The van der Waals surface area contributed by atoms with Crippen molar-refractivity contribution in [3.8, 4) is 0 Å². The van der Waals surface area contributed by atoms with Gasteiger partial charge in [-0.2, -0.15) is 0 Å². The molecule has 0 radical (unpaired) electrons. The van der Waals surface area contributed by atoms with Crippen LogP contribution in [-0.4, -0.2) is 39.8 Å². The van der Waals surface area contributed by atoms with Crippen LogP contribution in [0.15, 0.2) is 23.2 Å². The lowest BCUT2D eigenvalue weighted by molar-refractivity contribution is 0.599. The average Bonchev–Trinajstić information content (AvgIpc) is 2.48. The Morgan fingerprint density at radius 3 is 2.61 bits per heavy atom. The van der Waals surface area contributed by atoms with Crippen LogP contribution in [0.3, 0.4) is 0 Å². The monoisotopic (exact) mass is 344 g/mol. The number of sulfonamides is 1. The van der Waals surface area contributed by atoms with Gasteiger partial charge in [-0.05, 0) is 38.0 Å². The molecule has 1 aromatic carbocycles. The lowest BCUT2D eigenvalue weighted by Gasteiger charge is -2.12. The fraction of sp³-hybridized carbons (Fsp3) is 0.533. The van der Waals surface area contributed by atoms with Gasteiger partial charge in [-0.15, -0.1) is 0 Å². The number of guanidine groups is 1. The maximum atomic E-state index is 13.4. The first-order valence-electron chi connectivity index (χ1n) is 7.66. The Morgan fingerprint density at radius 1 is 1.26 bits per heavy atom. The summed E-state index contributed by atoms with van der Waals surface area (Å²) >= 11 is 0. The summed E-state index contributed by atoms with van der Waals surface area (Å²) in [6.07, 6.45) is 0.912. The van der Waals surface area contributed by atoms with Gasteiger partial charge in [0.2, 0.25) is 10.0 Å². The standard InChI is InChI=1S/C15H25FN4O2S/c1-4-8-18-15(17-5-2)19-9-10-23(21,22)20-13-7-6-12(3)14(16)11-13/h6-7,11,20H,4-5,8-10H2,1-3H3,(H2,17,18,19). The Bertz CT molecular complexity index is 632. The summed E-state index contributed by atoms with van der Waals surface area (Å²) in [7, 11) is -3.56. The highest BCUT2D eigenvalue weighted by atomic mass is 32.2. The Hall–Kier alpha value is -1.83. The molecular weight excluding hydrogens is 319 g/mol. The highest BCUT2D eigenvalue weighted by Gasteiger charge is 2.11. The van der Waals surface area contributed by atoms with Crippen molar-refractivity contribution in [1.29, 1.82) is 0 Å². The summed E-state index contributed by atoms with van der Waals surface area (Å²) in [6, 6.07) is 4.25. The second-order valence-electron chi connectivity index (χ2n) is 5.07. The molecular formula is C15H25FN4O2S. The van der Waals surface area contributed by atoms with Gasteiger partial charge < -0.3 is 10.6 Å². The van der Waals surface area contributed by atoms with Crippen molar-refractivity contribution >= 4 is 21.7 Å². The molecule has 0 aliphatic carbocycles. The zero-order valence-corrected chi connectivity index (χ0v) is 14.6. The van der Waals surface area contributed by atoms with Crippen LogP contribution < -0.4 is 15.4 Å². The van der Waals surface area contributed by atoms with E-state index in [1.807, 2.05) is 13.8 Å². The summed E-state index contributed by atoms with van der Waals surface area (Å²) in [5.41, 5.74) is 0.691. The molecule has 1 aromatic rings. The van der Waals surface area contributed by atoms with Crippen molar-refractivity contribution in [2.24, 2.45) is 4.99 Å². The second-order valence-corrected chi connectivity index (χ2v) is 6.91. The van der Waals surface area contributed by atoms with Crippen LogP contribution in [0.5, 0.6) is 0 Å². The molecule has 130 valence electrons. The number of aryl methyl sites for hydroxylation is 1. The smallest absolute Gasteiger partial charge is 0.234 e. The number of rotatable bonds is 8. The van der Waals surface area contributed by atoms with E-state index in [2.05, 4.69) is 20.3 Å². The van der Waals surface area contributed by atoms with Gasteiger partial charge in [0.1, 0.15) is 5.82 Å². The van der Waals surface area contributed by atoms with Gasteiger partial charge in [-0.25, -0.2) is 12.8 Å². The number of aliphatic imine (C=N–C) groups is 1. The Balaban J connectivity index is 2.56. The number of benzene rings is 1. The minimum Gasteiger partial charge on any atom is -0.357 e. The molecule has 0 fully saturated rings. The molecule has 0 aromatic heterocycles. The van der Waals surface area contributed by atoms with Crippen molar-refractivity contribution in [3.05, 3.63) is 29.6 Å². The molecule has 6 nitrogen and oxygen atoms in total. The zero-order valence-electron chi connectivity index (χ0n) is 13.8. The number of nitrogens with zero attached hydrogens (tertiary/aromatic N) is 1. The molecule has 0 saturated carbocycles. The van der Waals surface area contributed by atoms with Gasteiger partial charge >= 0.3 is 0 Å². The van der Waals surface area contributed by atoms with Crippen LogP contribution in [0.1, 0.15) is 25.8 Å². The molecule has 0 aliphatic heterocycles. The summed E-state index contributed by atoms with van der Waals surface area (Å²) in [6.45, 7) is 7.15. The third-order valence-electron chi connectivity index (χ3n) is 2.95. The quantitative estimate of drug-likeness (QED) is 0.496. The van der Waals surface area contributed by atoms with Crippen LogP contribution in [0.25, 0.3) is 0 Å².